The maximum absolute atomic E-state index is 13.6. The summed E-state index contributed by atoms with van der Waals surface area (Å²) in [6.07, 6.45) is 2.14. The van der Waals surface area contributed by atoms with Gasteiger partial charge in [0.15, 0.2) is 5.03 Å². The van der Waals surface area contributed by atoms with E-state index in [1.54, 1.807) is 21.0 Å². The third-order valence-electron chi connectivity index (χ3n) is 6.77. The van der Waals surface area contributed by atoms with Crippen LogP contribution in [0.5, 0.6) is 5.75 Å². The van der Waals surface area contributed by atoms with Crippen molar-refractivity contribution in [3.8, 4) is 5.75 Å². The minimum atomic E-state index is -4.02. The second kappa shape index (κ2) is 12.1. The fourth-order valence-corrected chi connectivity index (χ4v) is 5.38. The smallest absolute Gasteiger partial charge is 0.321 e. The van der Waals surface area contributed by atoms with Crippen molar-refractivity contribution >= 4 is 33.3 Å². The van der Waals surface area contributed by atoms with Gasteiger partial charge >= 0.3 is 6.03 Å². The van der Waals surface area contributed by atoms with Gasteiger partial charge in [-0.1, -0.05) is 6.92 Å². The van der Waals surface area contributed by atoms with Gasteiger partial charge in [-0.2, -0.15) is 8.42 Å². The molecule has 41 heavy (non-hydrogen) atoms. The largest absolute Gasteiger partial charge is 0.487 e. The predicted octanol–water partition coefficient (Wildman–Crippen LogP) is 2.74. The van der Waals surface area contributed by atoms with Crippen molar-refractivity contribution in [2.45, 2.75) is 31.0 Å². The van der Waals surface area contributed by atoms with E-state index in [9.17, 15) is 27.5 Å². The van der Waals surface area contributed by atoms with Crippen LogP contribution in [-0.2, 0) is 17.1 Å². The van der Waals surface area contributed by atoms with E-state index in [-0.39, 0.29) is 47.6 Å². The van der Waals surface area contributed by atoms with Crippen molar-refractivity contribution in [2.75, 3.05) is 36.8 Å². The van der Waals surface area contributed by atoms with Crippen molar-refractivity contribution in [3.05, 3.63) is 66.4 Å². The number of ether oxygens (including phenoxy) is 1. The normalized spacial score (nSPS) is 18.0. The molecule has 0 spiro atoms. The van der Waals surface area contributed by atoms with E-state index in [2.05, 4.69) is 15.0 Å². The molecular weight excluding hydrogens is 555 g/mol. The van der Waals surface area contributed by atoms with Crippen LogP contribution in [0, 0.1) is 11.7 Å². The number of hydrogen-bond acceptors (Lipinski definition) is 7. The number of anilines is 2. The number of halogens is 1. The molecule has 0 saturated carbocycles. The van der Waals surface area contributed by atoms with E-state index in [4.69, 9.17) is 4.74 Å². The van der Waals surface area contributed by atoms with E-state index in [1.807, 2.05) is 6.92 Å². The number of likely N-dealkylation sites (N-methyl/N-ethyl adjacent to an activating group) is 1. The molecule has 3 amide bonds. The third kappa shape index (κ3) is 6.95. The molecule has 3 atom stereocenters. The lowest BCUT2D eigenvalue weighted by Crippen LogP contribution is -2.50. The van der Waals surface area contributed by atoms with Gasteiger partial charge in [0.1, 0.15) is 17.7 Å². The number of amides is 3. The molecule has 0 aliphatic carbocycles. The quantitative estimate of drug-likeness (QED) is 0.367. The molecule has 1 aliphatic rings. The standard InChI is InChI=1S/C27H33FN6O6S/c1-17-12-34(18(2)15-35)26(36)22-11-21(31-41(38,39)25-14-32(3)16-29-25)9-10-23(22)40-24(17)13-33(4)27(37)30-20-7-5-19(28)6-8-20/h5-11,14,16-18,24,31,35H,12-13,15H2,1-4H3,(H,30,37)/t17-,18+,24-/m0/s1. The first kappa shape index (κ1) is 29.8. The molecule has 1 aromatic heterocycles. The summed E-state index contributed by atoms with van der Waals surface area (Å²) >= 11 is 0. The molecule has 0 bridgehead atoms. The van der Waals surface area contributed by atoms with Crippen molar-refractivity contribution in [1.29, 1.82) is 0 Å². The molecule has 14 heteroatoms. The summed E-state index contributed by atoms with van der Waals surface area (Å²) in [4.78, 5) is 33.3. The SMILES string of the molecule is C[C@H](CO)N1C[C@H](C)[C@H](CN(C)C(=O)Nc2ccc(F)cc2)Oc2ccc(NS(=O)(=O)c3cn(C)cn3)cc2C1=O. The molecule has 0 saturated heterocycles. The maximum Gasteiger partial charge on any atom is 0.321 e. The number of aliphatic hydroxyl groups excluding tert-OH is 1. The van der Waals surface area contributed by atoms with Gasteiger partial charge in [0.05, 0.1) is 31.1 Å². The molecule has 0 fully saturated rings. The van der Waals surface area contributed by atoms with Crippen molar-refractivity contribution in [2.24, 2.45) is 13.0 Å². The second-order valence-corrected chi connectivity index (χ2v) is 11.8. The highest BCUT2D eigenvalue weighted by molar-refractivity contribution is 7.92. The van der Waals surface area contributed by atoms with E-state index >= 15 is 0 Å². The fraction of sp³-hybridized carbons (Fsp3) is 0.370. The summed E-state index contributed by atoms with van der Waals surface area (Å²) in [5.41, 5.74) is 0.653. The number of aliphatic hydroxyl groups is 1. The van der Waals surface area contributed by atoms with Gasteiger partial charge in [-0.3, -0.25) is 9.52 Å². The van der Waals surface area contributed by atoms with E-state index in [1.165, 1.54) is 69.4 Å². The first-order chi connectivity index (χ1) is 19.4. The Morgan fingerprint density at radius 1 is 1.24 bits per heavy atom. The van der Waals surface area contributed by atoms with Crippen LogP contribution in [0.15, 0.2) is 60.0 Å². The number of urea groups is 1. The fourth-order valence-electron chi connectivity index (χ4n) is 4.34. The Morgan fingerprint density at radius 2 is 1.93 bits per heavy atom. The molecule has 2 heterocycles. The van der Waals surface area contributed by atoms with Crippen molar-refractivity contribution in [1.82, 2.24) is 19.4 Å². The van der Waals surface area contributed by atoms with Crippen LogP contribution in [0.4, 0.5) is 20.6 Å². The summed E-state index contributed by atoms with van der Waals surface area (Å²) < 4.78 is 49.1. The number of sulfonamides is 1. The number of fused-ring (bicyclic) bond motifs is 1. The topological polar surface area (TPSA) is 146 Å². The first-order valence-corrected chi connectivity index (χ1v) is 14.4. The van der Waals surface area contributed by atoms with Crippen LogP contribution in [0.2, 0.25) is 0 Å². The molecule has 3 N–H and O–H groups in total. The highest BCUT2D eigenvalue weighted by Crippen LogP contribution is 2.31. The van der Waals surface area contributed by atoms with Crippen LogP contribution >= 0.6 is 0 Å². The van der Waals surface area contributed by atoms with Gasteiger partial charge in [0.25, 0.3) is 15.9 Å². The molecule has 3 aromatic rings. The number of aryl methyl sites for hydroxylation is 1. The number of benzene rings is 2. The summed E-state index contributed by atoms with van der Waals surface area (Å²) in [6.45, 7) is 3.64. The Morgan fingerprint density at radius 3 is 2.56 bits per heavy atom. The zero-order valence-electron chi connectivity index (χ0n) is 23.1. The number of nitrogens with zero attached hydrogens (tertiary/aromatic N) is 4. The molecule has 0 unspecified atom stereocenters. The highest BCUT2D eigenvalue weighted by Gasteiger charge is 2.34. The molecule has 220 valence electrons. The van der Waals surface area contributed by atoms with Crippen LogP contribution < -0.4 is 14.8 Å². The van der Waals surface area contributed by atoms with Gasteiger partial charge in [-0.15, -0.1) is 0 Å². The summed E-state index contributed by atoms with van der Waals surface area (Å²) in [7, 11) is -0.789. The lowest BCUT2D eigenvalue weighted by atomic mass is 9.99. The molecule has 1 aliphatic heterocycles. The van der Waals surface area contributed by atoms with Crippen LogP contribution in [0.1, 0.15) is 24.2 Å². The van der Waals surface area contributed by atoms with Gasteiger partial charge in [-0.05, 0) is 49.4 Å². The van der Waals surface area contributed by atoms with Crippen LogP contribution in [-0.4, -0.2) is 83.7 Å². The average Bonchev–Trinajstić information content (AvgIpc) is 3.39. The Bertz CT molecular complexity index is 1510. The van der Waals surface area contributed by atoms with Gasteiger partial charge in [-0.25, -0.2) is 14.2 Å². The van der Waals surface area contributed by atoms with Crippen molar-refractivity contribution in [3.63, 3.8) is 0 Å². The first-order valence-electron chi connectivity index (χ1n) is 12.9. The number of rotatable bonds is 8. The average molecular weight is 589 g/mol. The molecular formula is C27H33FN6O6S. The molecule has 0 radical (unpaired) electrons. The van der Waals surface area contributed by atoms with E-state index in [0.717, 1.165) is 0 Å². The lowest BCUT2D eigenvalue weighted by molar-refractivity contribution is 0.0371. The van der Waals surface area contributed by atoms with Crippen LogP contribution in [0.25, 0.3) is 0 Å². The monoisotopic (exact) mass is 588 g/mol. The number of hydrogen-bond donors (Lipinski definition) is 3. The maximum atomic E-state index is 13.6. The minimum Gasteiger partial charge on any atom is -0.487 e. The zero-order chi connectivity index (χ0) is 29.9. The highest BCUT2D eigenvalue weighted by atomic mass is 32.2. The van der Waals surface area contributed by atoms with Crippen molar-refractivity contribution < 1.29 is 32.2 Å². The summed E-state index contributed by atoms with van der Waals surface area (Å²) in [5.74, 6) is -0.914. The Balaban J connectivity index is 1.60. The number of carbonyl (C=O) groups is 2. The number of carbonyl (C=O) groups excluding carboxylic acids is 2. The molecule has 4 rings (SSSR count). The van der Waals surface area contributed by atoms with Gasteiger partial charge < -0.3 is 29.5 Å². The summed E-state index contributed by atoms with van der Waals surface area (Å²) in [5, 5.41) is 12.4. The van der Waals surface area contributed by atoms with Gasteiger partial charge in [0, 0.05) is 44.1 Å². The summed E-state index contributed by atoms with van der Waals surface area (Å²) in [6, 6.07) is 8.76. The zero-order valence-corrected chi connectivity index (χ0v) is 23.9. The lowest BCUT2D eigenvalue weighted by Gasteiger charge is -2.38. The predicted molar refractivity (Wildman–Crippen MR) is 150 cm³/mol. The minimum absolute atomic E-state index is 0.0989. The Hall–Kier alpha value is -4.17. The molecule has 2 aromatic carbocycles. The van der Waals surface area contributed by atoms with E-state index in [0.29, 0.717) is 5.69 Å². The number of aromatic nitrogens is 2. The van der Waals surface area contributed by atoms with Gasteiger partial charge in [0.2, 0.25) is 0 Å². The number of nitrogens with one attached hydrogen (secondary N) is 2. The van der Waals surface area contributed by atoms with E-state index < -0.39 is 39.9 Å². The number of imidazole rings is 1. The Labute approximate surface area is 237 Å². The third-order valence-corrected chi connectivity index (χ3v) is 8.04. The Kier molecular flexibility index (Phi) is 8.83. The van der Waals surface area contributed by atoms with Crippen LogP contribution in [0.3, 0.4) is 0 Å². The second-order valence-electron chi connectivity index (χ2n) is 10.1. The molecule has 12 nitrogen and oxygen atoms in total.